The van der Waals surface area contributed by atoms with E-state index in [1.807, 2.05) is 0 Å². The molecule has 0 aromatic heterocycles. The molecule has 0 aliphatic heterocycles. The van der Waals surface area contributed by atoms with E-state index in [1.54, 1.807) is 0 Å². The van der Waals surface area contributed by atoms with Gasteiger partial charge in [-0.25, -0.2) is 0 Å². The van der Waals surface area contributed by atoms with Crippen molar-refractivity contribution in [2.24, 2.45) is 0 Å². The molecule has 0 bridgehead atoms. The Morgan fingerprint density at radius 1 is 0.545 bits per heavy atom. The largest absolute Gasteiger partial charge is 0.395 e. The molecule has 0 saturated heterocycles. The topological polar surface area (TPSA) is 53.4 Å². The van der Waals surface area contributed by atoms with E-state index in [2.05, 4.69) is 47.5 Å². The molecule has 0 rings (SSSR count). The summed E-state index contributed by atoms with van der Waals surface area (Å²) in [4.78, 5) is 9.24. The molecule has 0 saturated carbocycles. The van der Waals surface area contributed by atoms with Crippen LogP contribution in [0.1, 0.15) is 13.8 Å². The SMILES string of the molecule is CCN(CCO)CCN(C)CCN(C)CCN(CC)CCO. The van der Waals surface area contributed by atoms with Crippen LogP contribution in [0.3, 0.4) is 0 Å². The van der Waals surface area contributed by atoms with Gasteiger partial charge in [-0.15, -0.1) is 0 Å². The molecular weight excluding hydrogens is 280 g/mol. The molecule has 6 nitrogen and oxygen atoms in total. The Kier molecular flexibility index (Phi) is 14.2. The number of nitrogens with zero attached hydrogens (tertiary/aromatic N) is 4. The van der Waals surface area contributed by atoms with Crippen LogP contribution < -0.4 is 0 Å². The first-order valence-electron chi connectivity index (χ1n) is 8.60. The first kappa shape index (κ1) is 21.8. The second-order valence-electron chi connectivity index (χ2n) is 5.92. The summed E-state index contributed by atoms with van der Waals surface area (Å²) < 4.78 is 0. The summed E-state index contributed by atoms with van der Waals surface area (Å²) in [6.07, 6.45) is 0. The predicted octanol–water partition coefficient (Wildman–Crippen LogP) is -0.522. The molecule has 0 aliphatic rings. The second kappa shape index (κ2) is 14.4. The Labute approximate surface area is 137 Å². The van der Waals surface area contributed by atoms with E-state index in [1.165, 1.54) is 0 Å². The van der Waals surface area contributed by atoms with Crippen molar-refractivity contribution < 1.29 is 10.2 Å². The normalized spacial score (nSPS) is 12.3. The fraction of sp³-hybridized carbons (Fsp3) is 1.00. The van der Waals surface area contributed by atoms with E-state index < -0.39 is 0 Å². The van der Waals surface area contributed by atoms with Crippen molar-refractivity contribution >= 4 is 0 Å². The monoisotopic (exact) mass is 318 g/mol. The van der Waals surface area contributed by atoms with Crippen LogP contribution in [0.4, 0.5) is 0 Å². The fourth-order valence-corrected chi connectivity index (χ4v) is 2.33. The maximum Gasteiger partial charge on any atom is 0.0558 e. The summed E-state index contributed by atoms with van der Waals surface area (Å²) in [7, 11) is 4.31. The molecule has 0 atom stereocenters. The molecule has 0 aromatic rings. The van der Waals surface area contributed by atoms with Gasteiger partial charge in [0.25, 0.3) is 0 Å². The Morgan fingerprint density at radius 3 is 1.14 bits per heavy atom. The third kappa shape index (κ3) is 11.3. The summed E-state index contributed by atoms with van der Waals surface area (Å²) in [5, 5.41) is 18.0. The summed E-state index contributed by atoms with van der Waals surface area (Å²) >= 11 is 0. The molecule has 0 aliphatic carbocycles. The van der Waals surface area contributed by atoms with E-state index in [9.17, 15) is 0 Å². The minimum Gasteiger partial charge on any atom is -0.395 e. The lowest BCUT2D eigenvalue weighted by Gasteiger charge is -2.27. The molecule has 0 heterocycles. The molecule has 0 radical (unpaired) electrons. The second-order valence-corrected chi connectivity index (χ2v) is 5.92. The van der Waals surface area contributed by atoms with Crippen molar-refractivity contribution in [2.45, 2.75) is 13.8 Å². The number of hydrogen-bond donors (Lipinski definition) is 2. The van der Waals surface area contributed by atoms with Crippen LogP contribution in [0.15, 0.2) is 0 Å². The van der Waals surface area contributed by atoms with Crippen LogP contribution >= 0.6 is 0 Å². The van der Waals surface area contributed by atoms with Gasteiger partial charge in [-0.05, 0) is 27.2 Å². The average molecular weight is 319 g/mol. The van der Waals surface area contributed by atoms with Gasteiger partial charge in [0.1, 0.15) is 0 Å². The lowest BCUT2D eigenvalue weighted by Crippen LogP contribution is -2.40. The van der Waals surface area contributed by atoms with Crippen LogP contribution in [-0.2, 0) is 0 Å². The van der Waals surface area contributed by atoms with Crippen LogP contribution in [0.5, 0.6) is 0 Å². The van der Waals surface area contributed by atoms with Gasteiger partial charge >= 0.3 is 0 Å². The lowest BCUT2D eigenvalue weighted by molar-refractivity contribution is 0.166. The van der Waals surface area contributed by atoms with E-state index in [0.29, 0.717) is 0 Å². The Bertz CT molecular complexity index is 220. The number of rotatable bonds is 15. The maximum absolute atomic E-state index is 8.99. The van der Waals surface area contributed by atoms with Gasteiger partial charge in [0.05, 0.1) is 13.2 Å². The number of aliphatic hydroxyl groups excluding tert-OH is 2. The van der Waals surface area contributed by atoms with Gasteiger partial charge in [-0.3, -0.25) is 0 Å². The number of likely N-dealkylation sites (N-methyl/N-ethyl adjacent to an activating group) is 4. The van der Waals surface area contributed by atoms with E-state index >= 15 is 0 Å². The standard InChI is InChI=1S/C16H38N4O2/c1-5-19(13-15-21)11-9-17(3)7-8-18(4)10-12-20(6-2)14-16-22/h21-22H,5-16H2,1-4H3. The highest BCUT2D eigenvalue weighted by Crippen LogP contribution is 1.93. The highest BCUT2D eigenvalue weighted by Gasteiger charge is 2.07. The molecule has 0 fully saturated rings. The molecule has 0 amide bonds. The van der Waals surface area contributed by atoms with Gasteiger partial charge < -0.3 is 29.8 Å². The number of aliphatic hydroxyl groups is 2. The first-order valence-corrected chi connectivity index (χ1v) is 8.60. The van der Waals surface area contributed by atoms with Gasteiger partial charge in [0.2, 0.25) is 0 Å². The van der Waals surface area contributed by atoms with Crippen molar-refractivity contribution in [2.75, 3.05) is 92.8 Å². The summed E-state index contributed by atoms with van der Waals surface area (Å²) in [5.74, 6) is 0. The Balaban J connectivity index is 3.77. The van der Waals surface area contributed by atoms with Crippen molar-refractivity contribution in [1.29, 1.82) is 0 Å². The highest BCUT2D eigenvalue weighted by molar-refractivity contribution is 4.63. The van der Waals surface area contributed by atoms with Gasteiger partial charge in [0.15, 0.2) is 0 Å². The zero-order chi connectivity index (χ0) is 16.8. The van der Waals surface area contributed by atoms with Crippen LogP contribution in [0.25, 0.3) is 0 Å². The fourth-order valence-electron chi connectivity index (χ4n) is 2.33. The molecule has 134 valence electrons. The van der Waals surface area contributed by atoms with Crippen LogP contribution in [-0.4, -0.2) is 123 Å². The minimum atomic E-state index is 0.238. The van der Waals surface area contributed by atoms with Crippen molar-refractivity contribution in [1.82, 2.24) is 19.6 Å². The first-order chi connectivity index (χ1) is 10.6. The van der Waals surface area contributed by atoms with Crippen LogP contribution in [0.2, 0.25) is 0 Å². The smallest absolute Gasteiger partial charge is 0.0558 e. The molecular formula is C16H38N4O2. The third-order valence-electron chi connectivity index (χ3n) is 4.19. The summed E-state index contributed by atoms with van der Waals surface area (Å²) in [6, 6.07) is 0. The van der Waals surface area contributed by atoms with E-state index in [0.717, 1.165) is 65.4 Å². The number of hydrogen-bond acceptors (Lipinski definition) is 6. The Morgan fingerprint density at radius 2 is 0.864 bits per heavy atom. The maximum atomic E-state index is 8.99. The lowest BCUT2D eigenvalue weighted by atomic mass is 10.4. The van der Waals surface area contributed by atoms with Crippen molar-refractivity contribution in [3.05, 3.63) is 0 Å². The molecule has 0 aromatic carbocycles. The Hall–Kier alpha value is -0.240. The quantitative estimate of drug-likeness (QED) is 0.424. The zero-order valence-electron chi connectivity index (χ0n) is 15.2. The molecule has 6 heteroatoms. The third-order valence-corrected chi connectivity index (χ3v) is 4.19. The summed E-state index contributed by atoms with van der Waals surface area (Å²) in [6.45, 7) is 14.5. The minimum absolute atomic E-state index is 0.238. The van der Waals surface area contributed by atoms with Gasteiger partial charge in [-0.2, -0.15) is 0 Å². The van der Waals surface area contributed by atoms with E-state index in [-0.39, 0.29) is 13.2 Å². The molecule has 2 N–H and O–H groups in total. The zero-order valence-corrected chi connectivity index (χ0v) is 15.2. The average Bonchev–Trinajstić information content (AvgIpc) is 2.53. The molecule has 22 heavy (non-hydrogen) atoms. The van der Waals surface area contributed by atoms with Gasteiger partial charge in [0, 0.05) is 52.4 Å². The van der Waals surface area contributed by atoms with Crippen molar-refractivity contribution in [3.63, 3.8) is 0 Å². The van der Waals surface area contributed by atoms with E-state index in [4.69, 9.17) is 10.2 Å². The highest BCUT2D eigenvalue weighted by atomic mass is 16.3. The predicted molar refractivity (Wildman–Crippen MR) is 93.4 cm³/mol. The summed E-state index contributed by atoms with van der Waals surface area (Å²) in [5.41, 5.74) is 0. The van der Waals surface area contributed by atoms with Crippen LogP contribution in [0, 0.1) is 0 Å². The molecule has 0 unspecified atom stereocenters. The van der Waals surface area contributed by atoms with Crippen molar-refractivity contribution in [3.8, 4) is 0 Å². The molecule has 0 spiro atoms. The van der Waals surface area contributed by atoms with Gasteiger partial charge in [-0.1, -0.05) is 13.8 Å².